The first kappa shape index (κ1) is 12.6. The van der Waals surface area contributed by atoms with Crippen molar-refractivity contribution in [3.63, 3.8) is 0 Å². The van der Waals surface area contributed by atoms with Gasteiger partial charge in [0.05, 0.1) is 17.5 Å². The summed E-state index contributed by atoms with van der Waals surface area (Å²) in [5.41, 5.74) is 0.899. The van der Waals surface area contributed by atoms with Crippen LogP contribution >= 0.6 is 0 Å². The number of fused-ring (bicyclic) bond motifs is 1. The Hall–Kier alpha value is -1.84. The monoisotopic (exact) mass is 245 g/mol. The smallest absolute Gasteiger partial charge is 0.226 e. The maximum absolute atomic E-state index is 5.78. The fraction of sp³-hybridized carbons (Fsp3) is 0.429. The molecule has 18 heavy (non-hydrogen) atoms. The standard InChI is InChI=1S/C14H19N3O/c1-10(2)8-9-18-13-11-6-4-5-7-12(11)16-14(15-3)17-13/h4-7,10H,8-9H2,1-3H3,(H,15,16,17). The second kappa shape index (κ2) is 5.67. The van der Waals surface area contributed by atoms with Crippen LogP contribution in [0.1, 0.15) is 20.3 Å². The van der Waals surface area contributed by atoms with Crippen LogP contribution in [0.25, 0.3) is 10.9 Å². The summed E-state index contributed by atoms with van der Waals surface area (Å²) in [4.78, 5) is 8.77. The third-order valence-electron chi connectivity index (χ3n) is 2.73. The lowest BCUT2D eigenvalue weighted by molar-refractivity contribution is 0.283. The molecule has 0 saturated heterocycles. The quantitative estimate of drug-likeness (QED) is 0.879. The maximum atomic E-state index is 5.78. The van der Waals surface area contributed by atoms with Gasteiger partial charge in [-0.05, 0) is 24.5 Å². The molecule has 1 aromatic heterocycles. The minimum atomic E-state index is 0.591. The fourth-order valence-electron chi connectivity index (χ4n) is 1.66. The molecule has 0 spiro atoms. The maximum Gasteiger partial charge on any atom is 0.226 e. The Kier molecular flexibility index (Phi) is 3.97. The van der Waals surface area contributed by atoms with Crippen molar-refractivity contribution in [3.05, 3.63) is 24.3 Å². The van der Waals surface area contributed by atoms with Gasteiger partial charge in [-0.3, -0.25) is 0 Å². The first-order chi connectivity index (χ1) is 8.70. The van der Waals surface area contributed by atoms with E-state index in [9.17, 15) is 0 Å². The van der Waals surface area contributed by atoms with E-state index in [0.717, 1.165) is 17.3 Å². The molecule has 0 amide bonds. The van der Waals surface area contributed by atoms with Gasteiger partial charge in [0.2, 0.25) is 11.8 Å². The minimum Gasteiger partial charge on any atom is -0.477 e. The average molecular weight is 245 g/mol. The molecule has 0 saturated carbocycles. The van der Waals surface area contributed by atoms with Crippen molar-refractivity contribution < 1.29 is 4.74 Å². The van der Waals surface area contributed by atoms with Crippen molar-refractivity contribution in [2.24, 2.45) is 5.92 Å². The summed E-state index contributed by atoms with van der Waals surface area (Å²) in [6.45, 7) is 5.04. The van der Waals surface area contributed by atoms with Crippen LogP contribution in [0.5, 0.6) is 5.88 Å². The van der Waals surface area contributed by atoms with E-state index in [1.807, 2.05) is 31.3 Å². The SMILES string of the molecule is CNc1nc(OCCC(C)C)c2ccccc2n1. The first-order valence-corrected chi connectivity index (χ1v) is 6.28. The Labute approximate surface area is 107 Å². The number of nitrogens with zero attached hydrogens (tertiary/aromatic N) is 2. The van der Waals surface area contributed by atoms with Gasteiger partial charge in [-0.15, -0.1) is 0 Å². The van der Waals surface area contributed by atoms with Crippen LogP contribution in [0.15, 0.2) is 24.3 Å². The zero-order valence-electron chi connectivity index (χ0n) is 11.1. The molecule has 0 radical (unpaired) electrons. The zero-order chi connectivity index (χ0) is 13.0. The molecule has 0 bridgehead atoms. The molecule has 1 N–H and O–H groups in total. The molecule has 0 atom stereocenters. The number of aromatic nitrogens is 2. The van der Waals surface area contributed by atoms with Gasteiger partial charge >= 0.3 is 0 Å². The van der Waals surface area contributed by atoms with Gasteiger partial charge in [0.1, 0.15) is 0 Å². The lowest BCUT2D eigenvalue weighted by Crippen LogP contribution is -2.05. The summed E-state index contributed by atoms with van der Waals surface area (Å²) in [7, 11) is 1.81. The third-order valence-corrected chi connectivity index (χ3v) is 2.73. The summed E-state index contributed by atoms with van der Waals surface area (Å²) in [5, 5.41) is 3.92. The van der Waals surface area contributed by atoms with E-state index >= 15 is 0 Å². The summed E-state index contributed by atoms with van der Waals surface area (Å²) in [6, 6.07) is 7.89. The lowest BCUT2D eigenvalue weighted by atomic mass is 10.1. The topological polar surface area (TPSA) is 47.0 Å². The highest BCUT2D eigenvalue weighted by Crippen LogP contribution is 2.23. The predicted molar refractivity (Wildman–Crippen MR) is 74.0 cm³/mol. The molecule has 2 aromatic rings. The highest BCUT2D eigenvalue weighted by molar-refractivity contribution is 5.84. The summed E-state index contributed by atoms with van der Waals surface area (Å²) in [5.74, 6) is 1.88. The molecule has 4 nitrogen and oxygen atoms in total. The highest BCUT2D eigenvalue weighted by atomic mass is 16.5. The summed E-state index contributed by atoms with van der Waals surface area (Å²) in [6.07, 6.45) is 1.02. The molecule has 0 aliphatic carbocycles. The van der Waals surface area contributed by atoms with E-state index in [-0.39, 0.29) is 0 Å². The van der Waals surface area contributed by atoms with Crippen LogP contribution in [0.2, 0.25) is 0 Å². The Morgan fingerprint density at radius 3 is 2.72 bits per heavy atom. The van der Waals surface area contributed by atoms with Crippen LogP contribution in [0, 0.1) is 5.92 Å². The summed E-state index contributed by atoms with van der Waals surface area (Å²) >= 11 is 0. The minimum absolute atomic E-state index is 0.591. The summed E-state index contributed by atoms with van der Waals surface area (Å²) < 4.78 is 5.78. The van der Waals surface area contributed by atoms with Crippen LogP contribution < -0.4 is 10.1 Å². The van der Waals surface area contributed by atoms with Crippen molar-refractivity contribution in [3.8, 4) is 5.88 Å². The molecule has 0 unspecified atom stereocenters. The largest absolute Gasteiger partial charge is 0.477 e. The molecule has 1 heterocycles. The number of ether oxygens (including phenoxy) is 1. The first-order valence-electron chi connectivity index (χ1n) is 6.28. The van der Waals surface area contributed by atoms with Gasteiger partial charge in [0.25, 0.3) is 0 Å². The van der Waals surface area contributed by atoms with Crippen molar-refractivity contribution >= 4 is 16.9 Å². The molecule has 0 aliphatic heterocycles. The Bertz CT molecular complexity index is 525. The number of para-hydroxylation sites is 1. The van der Waals surface area contributed by atoms with Crippen molar-refractivity contribution in [2.75, 3.05) is 19.0 Å². The molecule has 1 aromatic carbocycles. The molecular weight excluding hydrogens is 226 g/mol. The number of hydrogen-bond acceptors (Lipinski definition) is 4. The molecular formula is C14H19N3O. The molecule has 96 valence electrons. The Morgan fingerprint density at radius 2 is 2.00 bits per heavy atom. The Morgan fingerprint density at radius 1 is 1.22 bits per heavy atom. The van der Waals surface area contributed by atoms with Crippen LogP contribution in [-0.2, 0) is 0 Å². The number of rotatable bonds is 5. The molecule has 4 heteroatoms. The van der Waals surface area contributed by atoms with Gasteiger partial charge in [0, 0.05) is 7.05 Å². The van der Waals surface area contributed by atoms with E-state index < -0.39 is 0 Å². The number of benzene rings is 1. The van der Waals surface area contributed by atoms with Crippen molar-refractivity contribution in [1.29, 1.82) is 0 Å². The van der Waals surface area contributed by atoms with Gasteiger partial charge in [-0.25, -0.2) is 4.98 Å². The van der Waals surface area contributed by atoms with Gasteiger partial charge in [-0.2, -0.15) is 4.98 Å². The molecule has 2 rings (SSSR count). The van der Waals surface area contributed by atoms with E-state index in [1.54, 1.807) is 0 Å². The van der Waals surface area contributed by atoms with Crippen molar-refractivity contribution in [1.82, 2.24) is 9.97 Å². The number of anilines is 1. The zero-order valence-corrected chi connectivity index (χ0v) is 11.1. The van der Waals surface area contributed by atoms with E-state index in [2.05, 4.69) is 29.1 Å². The molecule has 0 fully saturated rings. The van der Waals surface area contributed by atoms with Crippen LogP contribution in [-0.4, -0.2) is 23.6 Å². The van der Waals surface area contributed by atoms with Gasteiger partial charge in [0.15, 0.2) is 0 Å². The lowest BCUT2D eigenvalue weighted by Gasteiger charge is -2.10. The van der Waals surface area contributed by atoms with Gasteiger partial charge < -0.3 is 10.1 Å². The second-order valence-corrected chi connectivity index (χ2v) is 4.65. The van der Waals surface area contributed by atoms with E-state index in [4.69, 9.17) is 4.74 Å². The van der Waals surface area contributed by atoms with Crippen LogP contribution in [0.3, 0.4) is 0 Å². The van der Waals surface area contributed by atoms with E-state index in [1.165, 1.54) is 0 Å². The number of hydrogen-bond donors (Lipinski definition) is 1. The normalized spacial score (nSPS) is 10.9. The third kappa shape index (κ3) is 2.88. The highest BCUT2D eigenvalue weighted by Gasteiger charge is 2.07. The van der Waals surface area contributed by atoms with Crippen LogP contribution in [0.4, 0.5) is 5.95 Å². The second-order valence-electron chi connectivity index (χ2n) is 4.65. The Balaban J connectivity index is 2.29. The molecule has 0 aliphatic rings. The predicted octanol–water partition coefficient (Wildman–Crippen LogP) is 3.10. The average Bonchev–Trinajstić information content (AvgIpc) is 2.38. The number of nitrogens with one attached hydrogen (secondary N) is 1. The fourth-order valence-corrected chi connectivity index (χ4v) is 1.66. The van der Waals surface area contributed by atoms with Gasteiger partial charge in [-0.1, -0.05) is 26.0 Å². The van der Waals surface area contributed by atoms with Crippen molar-refractivity contribution in [2.45, 2.75) is 20.3 Å². The van der Waals surface area contributed by atoms with E-state index in [0.29, 0.717) is 24.4 Å².